The molecule has 1 aliphatic rings. The Morgan fingerprint density at radius 1 is 0.778 bits per heavy atom. The van der Waals surface area contributed by atoms with Crippen LogP contribution in [0, 0.1) is 0 Å². The summed E-state index contributed by atoms with van der Waals surface area (Å²) in [7, 11) is 0. The maximum Gasteiger partial charge on any atom is 0.231 e. The van der Waals surface area contributed by atoms with Crippen LogP contribution in [0.2, 0.25) is 5.02 Å². The molecule has 0 spiro atoms. The second kappa shape index (κ2) is 7.10. The first-order valence-electron chi connectivity index (χ1n) is 8.34. The molecule has 1 aliphatic heterocycles. The Balaban J connectivity index is 0.00000180. The van der Waals surface area contributed by atoms with Gasteiger partial charge in [0.2, 0.25) is 6.79 Å². The van der Waals surface area contributed by atoms with E-state index in [1.165, 1.54) is 0 Å². The highest BCUT2D eigenvalue weighted by Crippen LogP contribution is 2.38. The summed E-state index contributed by atoms with van der Waals surface area (Å²) in [5.74, 6) is 1.52. The summed E-state index contributed by atoms with van der Waals surface area (Å²) in [6.45, 7) is 0.262. The first-order valence-corrected chi connectivity index (χ1v) is 8.71. The van der Waals surface area contributed by atoms with E-state index < -0.39 is 0 Å². The minimum atomic E-state index is 0. The Morgan fingerprint density at radius 2 is 1.59 bits per heavy atom. The topological polar surface area (TPSA) is 31.4 Å². The van der Waals surface area contributed by atoms with E-state index in [2.05, 4.69) is 18.2 Å². The van der Waals surface area contributed by atoms with Crippen molar-refractivity contribution in [1.29, 1.82) is 0 Å². The molecule has 0 aliphatic carbocycles. The van der Waals surface area contributed by atoms with E-state index in [-0.39, 0.29) is 19.2 Å². The van der Waals surface area contributed by atoms with Crippen LogP contribution >= 0.6 is 24.0 Å². The maximum absolute atomic E-state index is 6.24. The van der Waals surface area contributed by atoms with E-state index in [0.717, 1.165) is 44.8 Å². The number of rotatable bonds is 2. The Morgan fingerprint density at radius 3 is 2.44 bits per heavy atom. The van der Waals surface area contributed by atoms with Gasteiger partial charge in [0.1, 0.15) is 0 Å². The summed E-state index contributed by atoms with van der Waals surface area (Å²) in [5.41, 5.74) is 5.01. The highest BCUT2D eigenvalue weighted by Gasteiger charge is 2.16. The van der Waals surface area contributed by atoms with Gasteiger partial charge in [-0.05, 0) is 53.6 Å². The van der Waals surface area contributed by atoms with Crippen molar-refractivity contribution in [1.82, 2.24) is 4.98 Å². The number of hydrogen-bond acceptors (Lipinski definition) is 3. The Bertz CT molecular complexity index is 1130. The third-order valence-electron chi connectivity index (χ3n) is 4.52. The molecule has 5 rings (SSSR count). The monoisotopic (exact) mass is 395 g/mol. The molecule has 0 N–H and O–H groups in total. The standard InChI is InChI=1S/C22H14ClNO2.ClH/c23-16-7-8-19-18(11-16)17(14-4-2-1-3-5-14)12-20(24-19)15-6-9-21-22(10-15)26-13-25-21;/h1-12H,13H2;1H. The van der Waals surface area contributed by atoms with Gasteiger partial charge in [-0.15, -0.1) is 12.4 Å². The fourth-order valence-corrected chi connectivity index (χ4v) is 3.43. The molecule has 4 aromatic rings. The van der Waals surface area contributed by atoms with Gasteiger partial charge in [-0.2, -0.15) is 0 Å². The van der Waals surface area contributed by atoms with E-state index in [9.17, 15) is 0 Å². The predicted molar refractivity (Wildman–Crippen MR) is 111 cm³/mol. The third kappa shape index (κ3) is 3.20. The second-order valence-corrected chi connectivity index (χ2v) is 6.59. The summed E-state index contributed by atoms with van der Waals surface area (Å²) in [6.07, 6.45) is 0. The maximum atomic E-state index is 6.24. The lowest BCUT2D eigenvalue weighted by Crippen LogP contribution is -1.93. The molecule has 0 fully saturated rings. The van der Waals surface area contributed by atoms with Crippen molar-refractivity contribution in [2.75, 3.05) is 6.79 Å². The molecule has 0 bridgehead atoms. The lowest BCUT2D eigenvalue weighted by Gasteiger charge is -2.11. The van der Waals surface area contributed by atoms with Crippen molar-refractivity contribution in [3.8, 4) is 33.9 Å². The molecule has 134 valence electrons. The number of ether oxygens (including phenoxy) is 2. The van der Waals surface area contributed by atoms with E-state index in [1.807, 2.05) is 54.6 Å². The molecule has 0 amide bonds. The van der Waals surface area contributed by atoms with Gasteiger partial charge in [-0.1, -0.05) is 41.9 Å². The molecule has 0 atom stereocenters. The highest BCUT2D eigenvalue weighted by molar-refractivity contribution is 6.31. The third-order valence-corrected chi connectivity index (χ3v) is 4.76. The minimum absolute atomic E-state index is 0. The summed E-state index contributed by atoms with van der Waals surface area (Å²) < 4.78 is 10.9. The van der Waals surface area contributed by atoms with Gasteiger partial charge >= 0.3 is 0 Å². The molecule has 2 heterocycles. The molecule has 5 heteroatoms. The number of benzene rings is 3. The minimum Gasteiger partial charge on any atom is -0.454 e. The zero-order chi connectivity index (χ0) is 17.5. The van der Waals surface area contributed by atoms with Gasteiger partial charge < -0.3 is 9.47 Å². The zero-order valence-electron chi connectivity index (χ0n) is 14.2. The van der Waals surface area contributed by atoms with Crippen molar-refractivity contribution in [2.24, 2.45) is 0 Å². The average Bonchev–Trinajstić information content (AvgIpc) is 3.15. The molecule has 0 unspecified atom stereocenters. The molecule has 0 radical (unpaired) electrons. The number of hydrogen-bond donors (Lipinski definition) is 0. The summed E-state index contributed by atoms with van der Waals surface area (Å²) in [5, 5.41) is 1.74. The van der Waals surface area contributed by atoms with Crippen LogP contribution < -0.4 is 9.47 Å². The second-order valence-electron chi connectivity index (χ2n) is 6.15. The van der Waals surface area contributed by atoms with Crippen LogP contribution in [-0.2, 0) is 0 Å². The van der Waals surface area contributed by atoms with Crippen molar-refractivity contribution in [3.63, 3.8) is 0 Å². The van der Waals surface area contributed by atoms with Crippen molar-refractivity contribution >= 4 is 34.9 Å². The molecular weight excluding hydrogens is 381 g/mol. The smallest absolute Gasteiger partial charge is 0.231 e. The number of aromatic nitrogens is 1. The van der Waals surface area contributed by atoms with Gasteiger partial charge in [-0.25, -0.2) is 4.98 Å². The van der Waals surface area contributed by atoms with Gasteiger partial charge in [0.25, 0.3) is 0 Å². The number of pyridine rings is 1. The predicted octanol–water partition coefficient (Wildman–Crippen LogP) is 6.37. The molecular formula is C22H15Cl2NO2. The van der Waals surface area contributed by atoms with Crippen LogP contribution in [0.5, 0.6) is 11.5 Å². The van der Waals surface area contributed by atoms with E-state index >= 15 is 0 Å². The summed E-state index contributed by atoms with van der Waals surface area (Å²) in [6, 6.07) is 24.1. The zero-order valence-corrected chi connectivity index (χ0v) is 15.8. The lowest BCUT2D eigenvalue weighted by atomic mass is 9.98. The SMILES string of the molecule is Cl.Clc1ccc2nc(-c3ccc4c(c3)OCO4)cc(-c3ccccc3)c2c1. The van der Waals surface area contributed by atoms with Gasteiger partial charge in [0.15, 0.2) is 11.5 Å². The molecule has 1 aromatic heterocycles. The molecule has 3 aromatic carbocycles. The van der Waals surface area contributed by atoms with E-state index in [0.29, 0.717) is 5.02 Å². The quantitative estimate of drug-likeness (QED) is 0.394. The Hall–Kier alpha value is -2.75. The normalized spacial score (nSPS) is 12.0. The fraction of sp³-hybridized carbons (Fsp3) is 0.0455. The van der Waals surface area contributed by atoms with Gasteiger partial charge in [0, 0.05) is 16.0 Å². The molecule has 0 saturated carbocycles. The lowest BCUT2D eigenvalue weighted by molar-refractivity contribution is 0.174. The van der Waals surface area contributed by atoms with Crippen LogP contribution in [-0.4, -0.2) is 11.8 Å². The highest BCUT2D eigenvalue weighted by atomic mass is 35.5. The Kier molecular flexibility index (Phi) is 4.65. The van der Waals surface area contributed by atoms with E-state index in [4.69, 9.17) is 26.1 Å². The molecule has 3 nitrogen and oxygen atoms in total. The van der Waals surface area contributed by atoms with Crippen molar-refractivity contribution in [3.05, 3.63) is 77.8 Å². The van der Waals surface area contributed by atoms with Crippen LogP contribution in [0.4, 0.5) is 0 Å². The van der Waals surface area contributed by atoms with Crippen LogP contribution in [0.15, 0.2) is 72.8 Å². The first-order chi connectivity index (χ1) is 12.8. The van der Waals surface area contributed by atoms with Gasteiger partial charge in [-0.3, -0.25) is 0 Å². The number of fused-ring (bicyclic) bond motifs is 2. The first kappa shape index (κ1) is 17.7. The number of halogens is 2. The largest absolute Gasteiger partial charge is 0.454 e. The summed E-state index contributed by atoms with van der Waals surface area (Å²) >= 11 is 6.24. The van der Waals surface area contributed by atoms with Crippen molar-refractivity contribution in [2.45, 2.75) is 0 Å². The van der Waals surface area contributed by atoms with Crippen molar-refractivity contribution < 1.29 is 9.47 Å². The molecule has 0 saturated heterocycles. The van der Waals surface area contributed by atoms with E-state index in [1.54, 1.807) is 0 Å². The summed E-state index contributed by atoms with van der Waals surface area (Å²) in [4.78, 5) is 4.84. The Labute approximate surface area is 167 Å². The number of nitrogens with zero attached hydrogens (tertiary/aromatic N) is 1. The molecule has 27 heavy (non-hydrogen) atoms. The van der Waals surface area contributed by atoms with Crippen LogP contribution in [0.25, 0.3) is 33.3 Å². The fourth-order valence-electron chi connectivity index (χ4n) is 3.26. The van der Waals surface area contributed by atoms with Crippen LogP contribution in [0.1, 0.15) is 0 Å². The van der Waals surface area contributed by atoms with Gasteiger partial charge in [0.05, 0.1) is 11.2 Å². The average molecular weight is 396 g/mol. The van der Waals surface area contributed by atoms with Crippen LogP contribution in [0.3, 0.4) is 0 Å².